The zero-order valence-electron chi connectivity index (χ0n) is 10.4. The van der Waals surface area contributed by atoms with E-state index in [-0.39, 0.29) is 0 Å². The Morgan fingerprint density at radius 1 is 1.44 bits per heavy atom. The maximum atomic E-state index is 8.56. The fraction of sp³-hybridized carbons (Fsp3) is 0.286. The van der Waals surface area contributed by atoms with Gasteiger partial charge in [-0.3, -0.25) is 0 Å². The van der Waals surface area contributed by atoms with Crippen LogP contribution in [-0.2, 0) is 6.42 Å². The molecular weight excluding hydrogens is 244 g/mol. The van der Waals surface area contributed by atoms with E-state index in [2.05, 4.69) is 17.1 Å². The average Bonchev–Trinajstić information content (AvgIpc) is 2.85. The quantitative estimate of drug-likeness (QED) is 0.842. The number of benzene rings is 1. The third-order valence-corrected chi connectivity index (χ3v) is 3.63. The number of nitrogens with zero attached hydrogens (tertiary/aromatic N) is 2. The molecule has 0 radical (unpaired) electrons. The molecule has 0 amide bonds. The van der Waals surface area contributed by atoms with Crippen molar-refractivity contribution in [2.75, 3.05) is 7.11 Å². The molecule has 1 aromatic carbocycles. The molecule has 0 aliphatic heterocycles. The summed E-state index contributed by atoms with van der Waals surface area (Å²) in [5, 5.41) is 11.6. The van der Waals surface area contributed by atoms with Gasteiger partial charge in [0.1, 0.15) is 10.8 Å². The second-order valence-electron chi connectivity index (χ2n) is 3.99. The Kier molecular flexibility index (Phi) is 3.96. The Morgan fingerprint density at radius 3 is 2.94 bits per heavy atom. The van der Waals surface area contributed by atoms with Crippen LogP contribution in [-0.4, -0.2) is 12.1 Å². The van der Waals surface area contributed by atoms with Crippen molar-refractivity contribution in [2.45, 2.75) is 19.8 Å². The predicted molar refractivity (Wildman–Crippen MR) is 72.8 cm³/mol. The van der Waals surface area contributed by atoms with Crippen LogP contribution in [0.1, 0.15) is 17.7 Å². The van der Waals surface area contributed by atoms with Crippen LogP contribution >= 0.6 is 11.3 Å². The molecule has 0 unspecified atom stereocenters. The Morgan fingerprint density at radius 2 is 2.28 bits per heavy atom. The molecule has 0 atom stereocenters. The second kappa shape index (κ2) is 5.65. The van der Waals surface area contributed by atoms with Crippen LogP contribution in [0.15, 0.2) is 23.6 Å². The molecule has 0 aliphatic carbocycles. The predicted octanol–water partition coefficient (Wildman–Crippen LogP) is 3.58. The van der Waals surface area contributed by atoms with E-state index in [1.165, 1.54) is 0 Å². The molecule has 2 rings (SSSR count). The highest BCUT2D eigenvalue weighted by molar-refractivity contribution is 7.13. The Bertz CT molecular complexity index is 584. The molecule has 92 valence electrons. The van der Waals surface area contributed by atoms with Crippen molar-refractivity contribution in [1.29, 1.82) is 5.26 Å². The summed E-state index contributed by atoms with van der Waals surface area (Å²) in [7, 11) is 1.67. The van der Waals surface area contributed by atoms with Gasteiger partial charge in [-0.1, -0.05) is 0 Å². The first-order chi connectivity index (χ1) is 8.74. The maximum absolute atomic E-state index is 8.56. The molecular formula is C14H14N2OS. The molecule has 1 heterocycles. The van der Waals surface area contributed by atoms with Gasteiger partial charge in [-0.05, 0) is 30.7 Å². The number of hydrogen-bond donors (Lipinski definition) is 0. The van der Waals surface area contributed by atoms with Crippen LogP contribution < -0.4 is 4.74 Å². The van der Waals surface area contributed by atoms with E-state index in [1.807, 2.05) is 24.4 Å². The van der Waals surface area contributed by atoms with E-state index in [4.69, 9.17) is 10.00 Å². The summed E-state index contributed by atoms with van der Waals surface area (Å²) >= 11 is 1.61. The smallest absolute Gasteiger partial charge is 0.123 e. The van der Waals surface area contributed by atoms with Crippen molar-refractivity contribution in [3.05, 3.63) is 34.8 Å². The number of hydrogen-bond acceptors (Lipinski definition) is 4. The largest absolute Gasteiger partial charge is 0.496 e. The van der Waals surface area contributed by atoms with E-state index >= 15 is 0 Å². The van der Waals surface area contributed by atoms with Crippen LogP contribution in [0.25, 0.3) is 10.6 Å². The normalized spacial score (nSPS) is 10.1. The van der Waals surface area contributed by atoms with E-state index < -0.39 is 0 Å². The van der Waals surface area contributed by atoms with E-state index in [0.717, 1.165) is 34.0 Å². The summed E-state index contributed by atoms with van der Waals surface area (Å²) in [6.07, 6.45) is 1.24. The van der Waals surface area contributed by atoms with Crippen molar-refractivity contribution >= 4 is 11.3 Å². The highest BCUT2D eigenvalue weighted by Crippen LogP contribution is 2.28. The minimum Gasteiger partial charge on any atom is -0.496 e. The van der Waals surface area contributed by atoms with Gasteiger partial charge in [0.05, 0.1) is 18.9 Å². The monoisotopic (exact) mass is 258 g/mol. The summed E-state index contributed by atoms with van der Waals surface area (Å²) in [6.45, 7) is 2.02. The van der Waals surface area contributed by atoms with Gasteiger partial charge in [0.15, 0.2) is 0 Å². The number of rotatable bonds is 4. The molecule has 0 saturated heterocycles. The fourth-order valence-corrected chi connectivity index (χ4v) is 2.60. The lowest BCUT2D eigenvalue weighted by molar-refractivity contribution is 0.412. The summed E-state index contributed by atoms with van der Waals surface area (Å²) in [4.78, 5) is 4.54. The summed E-state index contributed by atoms with van der Waals surface area (Å²) in [6, 6.07) is 8.18. The first-order valence-corrected chi connectivity index (χ1v) is 6.59. The number of thiazole rings is 1. The third kappa shape index (κ3) is 2.69. The molecule has 0 bridgehead atoms. The Hall–Kier alpha value is -1.86. The van der Waals surface area contributed by atoms with Gasteiger partial charge in [0.2, 0.25) is 0 Å². The van der Waals surface area contributed by atoms with Gasteiger partial charge < -0.3 is 4.74 Å². The van der Waals surface area contributed by atoms with Crippen molar-refractivity contribution in [2.24, 2.45) is 0 Å². The van der Waals surface area contributed by atoms with Crippen molar-refractivity contribution < 1.29 is 4.74 Å². The van der Waals surface area contributed by atoms with Crippen LogP contribution in [0, 0.1) is 18.3 Å². The van der Waals surface area contributed by atoms with E-state index in [9.17, 15) is 0 Å². The lowest BCUT2D eigenvalue weighted by atomic mass is 10.1. The van der Waals surface area contributed by atoms with Gasteiger partial charge in [0.25, 0.3) is 0 Å². The van der Waals surface area contributed by atoms with E-state index in [1.54, 1.807) is 18.4 Å². The van der Waals surface area contributed by atoms with Crippen LogP contribution in [0.4, 0.5) is 0 Å². The second-order valence-corrected chi connectivity index (χ2v) is 4.84. The summed E-state index contributed by atoms with van der Waals surface area (Å²) in [5.74, 6) is 0.889. The van der Waals surface area contributed by atoms with Crippen molar-refractivity contribution in [3.8, 4) is 22.4 Å². The van der Waals surface area contributed by atoms with Gasteiger partial charge >= 0.3 is 0 Å². The van der Waals surface area contributed by atoms with Gasteiger partial charge in [-0.15, -0.1) is 11.3 Å². The zero-order chi connectivity index (χ0) is 13.0. The number of aromatic nitrogens is 1. The lowest BCUT2D eigenvalue weighted by Gasteiger charge is -2.05. The molecule has 0 fully saturated rings. The van der Waals surface area contributed by atoms with Gasteiger partial charge in [-0.2, -0.15) is 5.26 Å². The molecule has 1 aromatic heterocycles. The topological polar surface area (TPSA) is 45.9 Å². The Balaban J connectivity index is 2.23. The molecule has 3 nitrogen and oxygen atoms in total. The maximum Gasteiger partial charge on any atom is 0.123 e. The highest BCUT2D eigenvalue weighted by Gasteiger charge is 2.07. The minimum atomic E-state index is 0.519. The fourth-order valence-electron chi connectivity index (χ4n) is 1.75. The lowest BCUT2D eigenvalue weighted by Crippen LogP contribution is -1.88. The minimum absolute atomic E-state index is 0.519. The molecule has 0 spiro atoms. The first kappa shape index (κ1) is 12.6. The molecule has 2 aromatic rings. The summed E-state index contributed by atoms with van der Waals surface area (Å²) < 4.78 is 5.24. The molecule has 4 heteroatoms. The van der Waals surface area contributed by atoms with Crippen LogP contribution in [0.3, 0.4) is 0 Å². The zero-order valence-corrected chi connectivity index (χ0v) is 11.3. The van der Waals surface area contributed by atoms with Crippen LogP contribution in [0.5, 0.6) is 5.75 Å². The Labute approximate surface area is 111 Å². The first-order valence-electron chi connectivity index (χ1n) is 5.71. The van der Waals surface area contributed by atoms with Crippen molar-refractivity contribution in [3.63, 3.8) is 0 Å². The standard InChI is InChI=1S/C14H14N2OS/c1-10-8-11(5-6-13(10)17-2)14-16-12(9-18-14)4-3-7-15/h5-6,8-9H,3-4H2,1-2H3. The SMILES string of the molecule is COc1ccc(-c2nc(CCC#N)cs2)cc1C. The molecule has 0 saturated carbocycles. The van der Waals surface area contributed by atoms with Crippen molar-refractivity contribution in [1.82, 2.24) is 4.98 Å². The third-order valence-electron chi connectivity index (χ3n) is 2.69. The average molecular weight is 258 g/mol. The highest BCUT2D eigenvalue weighted by atomic mass is 32.1. The van der Waals surface area contributed by atoms with Crippen LogP contribution in [0.2, 0.25) is 0 Å². The molecule has 0 aliphatic rings. The number of aryl methyl sites for hydroxylation is 2. The number of nitriles is 1. The summed E-state index contributed by atoms with van der Waals surface area (Å²) in [5.41, 5.74) is 3.19. The van der Waals surface area contributed by atoms with E-state index in [0.29, 0.717) is 6.42 Å². The number of ether oxygens (including phenoxy) is 1. The molecule has 0 N–H and O–H groups in total. The number of methoxy groups -OCH3 is 1. The van der Waals surface area contributed by atoms with Gasteiger partial charge in [0, 0.05) is 23.8 Å². The van der Waals surface area contributed by atoms with Gasteiger partial charge in [-0.25, -0.2) is 4.98 Å². The molecule has 18 heavy (non-hydrogen) atoms.